The minimum absolute atomic E-state index is 0.298. The summed E-state index contributed by atoms with van der Waals surface area (Å²) < 4.78 is 7.20. The summed E-state index contributed by atoms with van der Waals surface area (Å²) in [5.74, 6) is 1.02. The van der Waals surface area contributed by atoms with E-state index in [1.807, 2.05) is 0 Å². The predicted octanol–water partition coefficient (Wildman–Crippen LogP) is 3.83. The minimum atomic E-state index is 0.298. The average Bonchev–Trinajstić information content (AvgIpc) is 2.29. The summed E-state index contributed by atoms with van der Waals surface area (Å²) >= 11 is 3.52. The van der Waals surface area contributed by atoms with Gasteiger partial charge in [-0.25, -0.2) is 0 Å². The van der Waals surface area contributed by atoms with Gasteiger partial charge in [0.2, 0.25) is 0 Å². The largest absolute Gasteiger partial charge is 0.490 e. The van der Waals surface area contributed by atoms with Gasteiger partial charge < -0.3 is 10.5 Å². The van der Waals surface area contributed by atoms with Gasteiger partial charge in [-0.3, -0.25) is 0 Å². The Bertz CT molecular complexity index is 361. The van der Waals surface area contributed by atoms with E-state index in [9.17, 15) is 0 Å². The molecule has 0 spiro atoms. The highest BCUT2D eigenvalue weighted by molar-refractivity contribution is 9.10. The molecule has 17 heavy (non-hydrogen) atoms. The van der Waals surface area contributed by atoms with E-state index in [1.54, 1.807) is 0 Å². The fourth-order valence-electron chi connectivity index (χ4n) is 1.93. The zero-order valence-corrected chi connectivity index (χ0v) is 12.5. The van der Waals surface area contributed by atoms with Crippen LogP contribution >= 0.6 is 15.9 Å². The highest BCUT2D eigenvalue weighted by atomic mass is 79.9. The highest BCUT2D eigenvalue weighted by Crippen LogP contribution is 2.30. The van der Waals surface area contributed by atoms with Crippen molar-refractivity contribution >= 4 is 15.9 Å². The molecule has 1 aromatic rings. The Balaban J connectivity index is 3.02. The van der Waals surface area contributed by atoms with Gasteiger partial charge in [0.25, 0.3) is 0 Å². The van der Waals surface area contributed by atoms with Crippen molar-refractivity contribution in [2.45, 2.75) is 46.1 Å². The van der Waals surface area contributed by atoms with Crippen LogP contribution in [0.15, 0.2) is 16.6 Å². The van der Waals surface area contributed by atoms with E-state index in [2.05, 4.69) is 48.8 Å². The Labute approximate surface area is 113 Å². The summed E-state index contributed by atoms with van der Waals surface area (Å²) in [6, 6.07) is 4.20. The fraction of sp³-hybridized carbons (Fsp3) is 0.571. The van der Waals surface area contributed by atoms with Crippen molar-refractivity contribution in [2.24, 2.45) is 5.73 Å². The second-order valence-corrected chi connectivity index (χ2v) is 5.22. The van der Waals surface area contributed by atoms with Crippen LogP contribution in [0.3, 0.4) is 0 Å². The third kappa shape index (κ3) is 4.00. The zero-order chi connectivity index (χ0) is 12.8. The molecule has 0 heterocycles. The maximum absolute atomic E-state index is 6.11. The SMILES string of the molecule is CCC(CC)Oc1c(C)cc(Br)cc1CCN. The van der Waals surface area contributed by atoms with E-state index < -0.39 is 0 Å². The van der Waals surface area contributed by atoms with Gasteiger partial charge in [-0.1, -0.05) is 29.8 Å². The maximum atomic E-state index is 6.11. The summed E-state index contributed by atoms with van der Waals surface area (Å²) in [4.78, 5) is 0. The van der Waals surface area contributed by atoms with E-state index in [0.717, 1.165) is 29.5 Å². The van der Waals surface area contributed by atoms with Gasteiger partial charge in [0, 0.05) is 4.47 Å². The number of ether oxygens (including phenoxy) is 1. The van der Waals surface area contributed by atoms with Crippen LogP contribution in [0, 0.1) is 6.92 Å². The molecule has 0 atom stereocenters. The van der Waals surface area contributed by atoms with Gasteiger partial charge in [0.1, 0.15) is 5.75 Å². The Morgan fingerprint density at radius 3 is 2.47 bits per heavy atom. The van der Waals surface area contributed by atoms with Crippen LogP contribution in [0.1, 0.15) is 37.8 Å². The van der Waals surface area contributed by atoms with E-state index in [-0.39, 0.29) is 0 Å². The van der Waals surface area contributed by atoms with Gasteiger partial charge in [0.05, 0.1) is 6.10 Å². The molecule has 96 valence electrons. The lowest BCUT2D eigenvalue weighted by Crippen LogP contribution is -2.16. The molecular formula is C14H22BrNO. The summed E-state index contributed by atoms with van der Waals surface area (Å²) in [6.07, 6.45) is 3.23. The second-order valence-electron chi connectivity index (χ2n) is 4.31. The van der Waals surface area contributed by atoms with Crippen LogP contribution in [0.5, 0.6) is 5.75 Å². The lowest BCUT2D eigenvalue weighted by molar-refractivity contribution is 0.189. The molecule has 0 aliphatic heterocycles. The monoisotopic (exact) mass is 299 g/mol. The molecule has 2 N–H and O–H groups in total. The molecule has 0 unspecified atom stereocenters. The number of nitrogens with two attached hydrogens (primary N) is 1. The fourth-order valence-corrected chi connectivity index (χ4v) is 2.55. The average molecular weight is 300 g/mol. The molecule has 0 aliphatic rings. The normalized spacial score (nSPS) is 10.9. The molecule has 1 rings (SSSR count). The van der Waals surface area contributed by atoms with Crippen molar-refractivity contribution < 1.29 is 4.74 Å². The molecule has 0 aliphatic carbocycles. The number of aryl methyl sites for hydroxylation is 1. The van der Waals surface area contributed by atoms with Crippen molar-refractivity contribution in [1.82, 2.24) is 0 Å². The smallest absolute Gasteiger partial charge is 0.125 e. The summed E-state index contributed by atoms with van der Waals surface area (Å²) in [5.41, 5.74) is 8.03. The first-order valence-corrected chi connectivity index (χ1v) is 7.07. The van der Waals surface area contributed by atoms with Gasteiger partial charge in [-0.05, 0) is 56.0 Å². The number of rotatable bonds is 6. The molecule has 0 saturated carbocycles. The number of hydrogen-bond acceptors (Lipinski definition) is 2. The molecule has 2 nitrogen and oxygen atoms in total. The predicted molar refractivity (Wildman–Crippen MR) is 76.6 cm³/mol. The van der Waals surface area contributed by atoms with Crippen LogP contribution in [0.2, 0.25) is 0 Å². The standard InChI is InChI=1S/C14H22BrNO/c1-4-13(5-2)17-14-10(3)8-12(15)9-11(14)6-7-16/h8-9,13H,4-7,16H2,1-3H3. The van der Waals surface area contributed by atoms with Crippen LogP contribution in [-0.2, 0) is 6.42 Å². The van der Waals surface area contributed by atoms with Crippen LogP contribution in [-0.4, -0.2) is 12.6 Å². The third-order valence-electron chi connectivity index (χ3n) is 2.93. The lowest BCUT2D eigenvalue weighted by Gasteiger charge is -2.20. The number of benzene rings is 1. The second kappa shape index (κ2) is 7.02. The molecule has 0 radical (unpaired) electrons. The Hall–Kier alpha value is -0.540. The zero-order valence-electron chi connectivity index (χ0n) is 10.9. The Morgan fingerprint density at radius 2 is 1.94 bits per heavy atom. The summed E-state index contributed by atoms with van der Waals surface area (Å²) in [6.45, 7) is 7.05. The van der Waals surface area contributed by atoms with Crippen LogP contribution < -0.4 is 10.5 Å². The molecule has 3 heteroatoms. The Morgan fingerprint density at radius 1 is 1.29 bits per heavy atom. The number of halogens is 1. The molecule has 0 bridgehead atoms. The minimum Gasteiger partial charge on any atom is -0.490 e. The first-order valence-electron chi connectivity index (χ1n) is 6.28. The summed E-state index contributed by atoms with van der Waals surface area (Å²) in [5, 5.41) is 0. The molecule has 0 aromatic heterocycles. The van der Waals surface area contributed by atoms with Gasteiger partial charge in [-0.15, -0.1) is 0 Å². The molecule has 0 fully saturated rings. The van der Waals surface area contributed by atoms with Crippen molar-refractivity contribution in [3.05, 3.63) is 27.7 Å². The van der Waals surface area contributed by atoms with Crippen molar-refractivity contribution in [3.63, 3.8) is 0 Å². The summed E-state index contributed by atoms with van der Waals surface area (Å²) in [7, 11) is 0. The van der Waals surface area contributed by atoms with Crippen molar-refractivity contribution in [2.75, 3.05) is 6.54 Å². The first kappa shape index (κ1) is 14.5. The van der Waals surface area contributed by atoms with E-state index in [4.69, 9.17) is 10.5 Å². The van der Waals surface area contributed by atoms with Crippen molar-refractivity contribution in [1.29, 1.82) is 0 Å². The topological polar surface area (TPSA) is 35.2 Å². The molecule has 0 saturated heterocycles. The van der Waals surface area contributed by atoms with Crippen LogP contribution in [0.4, 0.5) is 0 Å². The Kier molecular flexibility index (Phi) is 6.00. The molecule has 1 aromatic carbocycles. The maximum Gasteiger partial charge on any atom is 0.125 e. The third-order valence-corrected chi connectivity index (χ3v) is 3.38. The molecule has 0 amide bonds. The molecular weight excluding hydrogens is 278 g/mol. The van der Waals surface area contributed by atoms with E-state index in [0.29, 0.717) is 12.6 Å². The van der Waals surface area contributed by atoms with Gasteiger partial charge >= 0.3 is 0 Å². The lowest BCUT2D eigenvalue weighted by atomic mass is 10.1. The highest BCUT2D eigenvalue weighted by Gasteiger charge is 2.12. The van der Waals surface area contributed by atoms with Crippen LogP contribution in [0.25, 0.3) is 0 Å². The van der Waals surface area contributed by atoms with E-state index >= 15 is 0 Å². The first-order chi connectivity index (χ1) is 8.12. The van der Waals surface area contributed by atoms with Gasteiger partial charge in [0.15, 0.2) is 0 Å². The van der Waals surface area contributed by atoms with E-state index in [1.165, 1.54) is 11.1 Å². The number of hydrogen-bond donors (Lipinski definition) is 1. The van der Waals surface area contributed by atoms with Crippen molar-refractivity contribution in [3.8, 4) is 5.75 Å². The quantitative estimate of drug-likeness (QED) is 0.866. The van der Waals surface area contributed by atoms with Gasteiger partial charge in [-0.2, -0.15) is 0 Å².